The molecule has 0 aliphatic carbocycles. The fraction of sp³-hybridized carbons (Fsp3) is 0.200. The van der Waals surface area contributed by atoms with Crippen LogP contribution in [-0.2, 0) is 24.7 Å². The van der Waals surface area contributed by atoms with E-state index in [1.54, 1.807) is 22.0 Å². The van der Waals surface area contributed by atoms with Crippen LogP contribution in [0, 0.1) is 18.6 Å². The van der Waals surface area contributed by atoms with E-state index in [1.165, 1.54) is 0 Å². The lowest BCUT2D eigenvalue weighted by molar-refractivity contribution is -0.117. The zero-order valence-corrected chi connectivity index (χ0v) is 18.7. The van der Waals surface area contributed by atoms with E-state index in [-0.39, 0.29) is 17.9 Å². The Hall–Kier alpha value is -4.14. The van der Waals surface area contributed by atoms with Gasteiger partial charge in [0.15, 0.2) is 0 Å². The molecule has 9 heteroatoms. The summed E-state index contributed by atoms with van der Waals surface area (Å²) in [4.78, 5) is 23.6. The monoisotopic (exact) mass is 460 g/mol. The molecule has 34 heavy (non-hydrogen) atoms. The van der Waals surface area contributed by atoms with Gasteiger partial charge in [-0.1, -0.05) is 0 Å². The first-order valence-electron chi connectivity index (χ1n) is 10.9. The number of carbonyl (C=O) groups excluding carboxylic acids is 1. The third-order valence-electron chi connectivity index (χ3n) is 5.92. The molecule has 3 heterocycles. The van der Waals surface area contributed by atoms with Gasteiger partial charge in [-0.2, -0.15) is 5.10 Å². The van der Waals surface area contributed by atoms with Gasteiger partial charge in [0.25, 0.3) is 0 Å². The van der Waals surface area contributed by atoms with Crippen LogP contribution in [0.3, 0.4) is 0 Å². The lowest BCUT2D eigenvalue weighted by Crippen LogP contribution is -2.31. The molecular formula is C25H22F2N6O. The van der Waals surface area contributed by atoms with Crippen LogP contribution >= 0.6 is 0 Å². The number of benzene rings is 2. The Morgan fingerprint density at radius 1 is 1.12 bits per heavy atom. The minimum Gasteiger partial charge on any atom is -0.311 e. The fourth-order valence-corrected chi connectivity index (χ4v) is 4.30. The molecule has 172 valence electrons. The number of nitrogens with zero attached hydrogens (tertiary/aromatic N) is 5. The maximum absolute atomic E-state index is 14.0. The predicted molar refractivity (Wildman–Crippen MR) is 125 cm³/mol. The summed E-state index contributed by atoms with van der Waals surface area (Å²) < 4.78 is 29.3. The van der Waals surface area contributed by atoms with Crippen LogP contribution in [0.1, 0.15) is 16.7 Å². The van der Waals surface area contributed by atoms with Gasteiger partial charge in [0.2, 0.25) is 11.9 Å². The summed E-state index contributed by atoms with van der Waals surface area (Å²) in [5.41, 5.74) is 4.48. The standard InChI is InChI=1S/C25H22F2N6O/c1-15-11-18(21-5-8-28-25(30-21)31-22-6-9-29-32(22)2)12-16-7-10-33(24(15)16)23(34)14-17-13-19(26)3-4-20(17)27/h3-6,8-9,11-13H,7,10,14H2,1-2H3,(H,28,30,31). The first-order valence-corrected chi connectivity index (χ1v) is 10.9. The molecule has 1 aliphatic heterocycles. The van der Waals surface area contributed by atoms with Gasteiger partial charge in [0.05, 0.1) is 18.3 Å². The number of hydrogen-bond donors (Lipinski definition) is 1. The van der Waals surface area contributed by atoms with Gasteiger partial charge in [0.1, 0.15) is 17.5 Å². The molecule has 1 N–H and O–H groups in total. The molecular weight excluding hydrogens is 438 g/mol. The third-order valence-corrected chi connectivity index (χ3v) is 5.92. The lowest BCUT2D eigenvalue weighted by atomic mass is 10.0. The van der Waals surface area contributed by atoms with Gasteiger partial charge in [-0.3, -0.25) is 9.48 Å². The maximum atomic E-state index is 14.0. The van der Waals surface area contributed by atoms with E-state index in [0.29, 0.717) is 18.9 Å². The van der Waals surface area contributed by atoms with Crippen molar-refractivity contribution in [3.05, 3.63) is 83.2 Å². The second-order valence-corrected chi connectivity index (χ2v) is 8.24. The van der Waals surface area contributed by atoms with Crippen LogP contribution in [0.2, 0.25) is 0 Å². The summed E-state index contributed by atoms with van der Waals surface area (Å²) in [5, 5.41) is 7.28. The summed E-state index contributed by atoms with van der Waals surface area (Å²) in [6, 6.07) is 10.8. The summed E-state index contributed by atoms with van der Waals surface area (Å²) in [6.07, 6.45) is 3.85. The van der Waals surface area contributed by atoms with Crippen molar-refractivity contribution in [3.8, 4) is 11.3 Å². The van der Waals surface area contributed by atoms with Crippen LogP contribution in [-0.4, -0.2) is 32.2 Å². The quantitative estimate of drug-likeness (QED) is 0.480. The van der Waals surface area contributed by atoms with Gasteiger partial charge in [-0.15, -0.1) is 0 Å². The summed E-state index contributed by atoms with van der Waals surface area (Å²) >= 11 is 0. The number of carbonyl (C=O) groups is 1. The number of fused-ring (bicyclic) bond motifs is 1. The second-order valence-electron chi connectivity index (χ2n) is 8.24. The smallest absolute Gasteiger partial charge is 0.231 e. The van der Waals surface area contributed by atoms with Gasteiger partial charge in [0, 0.05) is 42.7 Å². The Morgan fingerprint density at radius 3 is 2.76 bits per heavy atom. The Bertz CT molecular complexity index is 1400. The highest BCUT2D eigenvalue weighted by Crippen LogP contribution is 2.36. The van der Waals surface area contributed by atoms with Crippen molar-refractivity contribution in [2.45, 2.75) is 19.8 Å². The van der Waals surface area contributed by atoms with E-state index in [4.69, 9.17) is 0 Å². The van der Waals surface area contributed by atoms with E-state index in [1.807, 2.05) is 38.2 Å². The number of nitrogens with one attached hydrogen (secondary N) is 1. The lowest BCUT2D eigenvalue weighted by Gasteiger charge is -2.20. The van der Waals surface area contributed by atoms with Crippen molar-refractivity contribution in [2.75, 3.05) is 16.8 Å². The minimum atomic E-state index is -0.583. The zero-order valence-electron chi connectivity index (χ0n) is 18.7. The predicted octanol–water partition coefficient (Wildman–Crippen LogP) is 4.34. The van der Waals surface area contributed by atoms with Crippen LogP contribution in [0.5, 0.6) is 0 Å². The van der Waals surface area contributed by atoms with Crippen molar-refractivity contribution in [2.24, 2.45) is 7.05 Å². The number of halogens is 2. The SMILES string of the molecule is Cc1cc(-c2ccnc(Nc3ccnn3C)n2)cc2c1N(C(=O)Cc1cc(F)ccc1F)CC2. The van der Waals surface area contributed by atoms with E-state index < -0.39 is 11.6 Å². The molecule has 1 amide bonds. The number of aryl methyl sites for hydroxylation is 2. The summed E-state index contributed by atoms with van der Waals surface area (Å²) in [6.45, 7) is 2.43. The van der Waals surface area contributed by atoms with Crippen molar-refractivity contribution in [1.29, 1.82) is 0 Å². The second kappa shape index (κ2) is 8.66. The van der Waals surface area contributed by atoms with E-state index in [9.17, 15) is 13.6 Å². The van der Waals surface area contributed by atoms with Crippen molar-refractivity contribution in [3.63, 3.8) is 0 Å². The molecule has 4 aromatic rings. The van der Waals surface area contributed by atoms with E-state index in [2.05, 4.69) is 20.4 Å². The van der Waals surface area contributed by atoms with Crippen LogP contribution in [0.4, 0.5) is 26.2 Å². The topological polar surface area (TPSA) is 75.9 Å². The van der Waals surface area contributed by atoms with Crippen LogP contribution in [0.25, 0.3) is 11.3 Å². The highest BCUT2D eigenvalue weighted by atomic mass is 19.1. The van der Waals surface area contributed by atoms with Crippen molar-refractivity contribution >= 4 is 23.4 Å². The highest BCUT2D eigenvalue weighted by molar-refractivity contribution is 5.98. The average molecular weight is 460 g/mol. The molecule has 0 unspecified atom stereocenters. The van der Waals surface area contributed by atoms with E-state index >= 15 is 0 Å². The molecule has 1 aliphatic rings. The Balaban J connectivity index is 1.40. The number of amides is 1. The van der Waals surface area contributed by atoms with E-state index in [0.717, 1.165) is 52.1 Å². The molecule has 7 nitrogen and oxygen atoms in total. The number of hydrogen-bond acceptors (Lipinski definition) is 5. The highest BCUT2D eigenvalue weighted by Gasteiger charge is 2.28. The van der Waals surface area contributed by atoms with Crippen molar-refractivity contribution < 1.29 is 13.6 Å². The summed E-state index contributed by atoms with van der Waals surface area (Å²) in [5.74, 6) is -0.183. The zero-order chi connectivity index (χ0) is 23.8. The Morgan fingerprint density at radius 2 is 1.97 bits per heavy atom. The average Bonchev–Trinajstić information content (AvgIpc) is 3.43. The molecule has 2 aromatic carbocycles. The van der Waals surface area contributed by atoms with Crippen LogP contribution < -0.4 is 10.2 Å². The van der Waals surface area contributed by atoms with Gasteiger partial charge >= 0.3 is 0 Å². The maximum Gasteiger partial charge on any atom is 0.231 e. The third kappa shape index (κ3) is 4.12. The molecule has 2 aromatic heterocycles. The first-order chi connectivity index (χ1) is 16.4. The first kappa shape index (κ1) is 21.7. The van der Waals surface area contributed by atoms with Gasteiger partial charge < -0.3 is 10.2 Å². The van der Waals surface area contributed by atoms with Gasteiger partial charge in [-0.25, -0.2) is 18.7 Å². The minimum absolute atomic E-state index is 0.0576. The molecule has 0 bridgehead atoms. The van der Waals surface area contributed by atoms with Crippen LogP contribution in [0.15, 0.2) is 54.9 Å². The molecule has 0 radical (unpaired) electrons. The van der Waals surface area contributed by atoms with Gasteiger partial charge in [-0.05, 0) is 60.9 Å². The summed E-state index contributed by atoms with van der Waals surface area (Å²) in [7, 11) is 1.83. The van der Waals surface area contributed by atoms with Crippen molar-refractivity contribution in [1.82, 2.24) is 19.7 Å². The Labute approximate surface area is 195 Å². The molecule has 0 fully saturated rings. The number of rotatable bonds is 5. The molecule has 0 spiro atoms. The molecule has 0 saturated carbocycles. The number of aromatic nitrogens is 4. The number of anilines is 3. The fourth-order valence-electron chi connectivity index (χ4n) is 4.30. The molecule has 0 atom stereocenters. The Kier molecular flexibility index (Phi) is 5.53. The normalized spacial score (nSPS) is 12.6. The largest absolute Gasteiger partial charge is 0.311 e. The molecule has 0 saturated heterocycles. The molecule has 5 rings (SSSR count).